The van der Waals surface area contributed by atoms with Crippen molar-refractivity contribution < 1.29 is 35.9 Å². The summed E-state index contributed by atoms with van der Waals surface area (Å²) < 4.78 is 84.3. The first-order valence-corrected chi connectivity index (χ1v) is 8.39. The van der Waals surface area contributed by atoms with Gasteiger partial charge in [0.1, 0.15) is 11.6 Å². The second kappa shape index (κ2) is 7.46. The van der Waals surface area contributed by atoms with Gasteiger partial charge in [-0.25, -0.2) is 8.78 Å². The number of hydrogen-bond acceptors (Lipinski definition) is 4. The van der Waals surface area contributed by atoms with Gasteiger partial charge in [-0.15, -0.1) is 0 Å². The number of pyridine rings is 1. The molecule has 0 spiro atoms. The molecule has 11 heteroatoms. The van der Waals surface area contributed by atoms with Gasteiger partial charge in [0, 0.05) is 14.1 Å². The van der Waals surface area contributed by atoms with Crippen LogP contribution in [0, 0.1) is 34.8 Å². The van der Waals surface area contributed by atoms with Gasteiger partial charge in [-0.05, 0) is 11.3 Å². The highest BCUT2D eigenvalue weighted by atomic mass is 35.5. The quantitative estimate of drug-likeness (QED) is 0.390. The molecule has 0 bridgehead atoms. The Morgan fingerprint density at radius 1 is 1.25 bits per heavy atom. The zero-order valence-electron chi connectivity index (χ0n) is 15.3. The van der Waals surface area contributed by atoms with Crippen molar-refractivity contribution in [1.29, 1.82) is 0 Å². The number of hydrogen-bond donors (Lipinski definition) is 0. The summed E-state index contributed by atoms with van der Waals surface area (Å²) in [5, 5.41) is -1.37. The highest BCUT2D eigenvalue weighted by Crippen LogP contribution is 2.60. The van der Waals surface area contributed by atoms with E-state index in [9.17, 15) is 31.1 Å². The van der Waals surface area contributed by atoms with E-state index in [4.69, 9.17) is 16.3 Å². The Kier molecular flexibility index (Phi) is 5.94. The first-order valence-electron chi connectivity index (χ1n) is 8.01. The van der Waals surface area contributed by atoms with Gasteiger partial charge in [-0.2, -0.15) is 22.5 Å². The van der Waals surface area contributed by atoms with Crippen molar-refractivity contribution in [2.24, 2.45) is 17.3 Å². The molecule has 1 heterocycles. The van der Waals surface area contributed by atoms with Gasteiger partial charge in [0.05, 0.1) is 11.5 Å². The summed E-state index contributed by atoms with van der Waals surface area (Å²) >= 11 is 5.20. The fraction of sp³-hybridized carbons (Fsp3) is 0.529. The van der Waals surface area contributed by atoms with Crippen LogP contribution in [0.25, 0.3) is 0 Å². The summed E-state index contributed by atoms with van der Waals surface area (Å²) in [6.45, 7) is 2.11. The van der Waals surface area contributed by atoms with Gasteiger partial charge < -0.3 is 9.64 Å². The summed E-state index contributed by atoms with van der Waals surface area (Å²) in [5.74, 6) is -7.70. The van der Waals surface area contributed by atoms with Gasteiger partial charge in [-0.3, -0.25) is 4.79 Å². The van der Waals surface area contributed by atoms with Crippen LogP contribution in [-0.2, 0) is 16.1 Å². The van der Waals surface area contributed by atoms with Crippen molar-refractivity contribution in [2.75, 3.05) is 19.0 Å². The lowest BCUT2D eigenvalue weighted by molar-refractivity contribution is -0.147. The molecule has 2 rings (SSSR count). The van der Waals surface area contributed by atoms with Crippen molar-refractivity contribution in [3.05, 3.63) is 34.3 Å². The Morgan fingerprint density at radius 3 is 2.32 bits per heavy atom. The van der Waals surface area contributed by atoms with Crippen LogP contribution in [0.4, 0.5) is 32.2 Å². The molecule has 1 aliphatic carbocycles. The van der Waals surface area contributed by atoms with Crippen LogP contribution in [0.2, 0.25) is 0 Å². The van der Waals surface area contributed by atoms with Gasteiger partial charge in [0.2, 0.25) is 0 Å². The van der Waals surface area contributed by atoms with Gasteiger partial charge in [0.25, 0.3) is 5.95 Å². The Labute approximate surface area is 162 Å². The molecule has 156 valence electrons. The molecule has 1 fully saturated rings. The molecule has 0 aromatic carbocycles. The monoisotopic (exact) mass is 430 g/mol. The fourth-order valence-electron chi connectivity index (χ4n) is 2.89. The van der Waals surface area contributed by atoms with Crippen LogP contribution < -0.4 is 4.90 Å². The topological polar surface area (TPSA) is 42.4 Å². The lowest BCUT2D eigenvalue weighted by Crippen LogP contribution is -2.18. The number of aromatic nitrogens is 1. The molecule has 0 aliphatic heterocycles. The van der Waals surface area contributed by atoms with E-state index in [0.717, 1.165) is 4.90 Å². The van der Waals surface area contributed by atoms with E-state index < -0.39 is 70.0 Å². The number of carbonyl (C=O) groups excluding carboxylic acids is 1. The number of alkyl halides is 3. The van der Waals surface area contributed by atoms with E-state index >= 15 is 0 Å². The Hall–Kier alpha value is -1.97. The maximum Gasteiger partial charge on any atom is 0.426 e. The Bertz CT molecular complexity index is 823. The lowest BCUT2D eigenvalue weighted by Gasteiger charge is -2.15. The molecule has 1 aromatic rings. The van der Waals surface area contributed by atoms with E-state index in [1.165, 1.54) is 27.9 Å². The first-order chi connectivity index (χ1) is 12.7. The van der Waals surface area contributed by atoms with Crippen molar-refractivity contribution in [2.45, 2.75) is 26.6 Å². The number of carbonyl (C=O) groups is 1. The predicted octanol–water partition coefficient (Wildman–Crippen LogP) is 4.57. The minimum absolute atomic E-state index is 0.491. The van der Waals surface area contributed by atoms with Crippen LogP contribution in [0.3, 0.4) is 0 Å². The van der Waals surface area contributed by atoms with E-state index in [0.29, 0.717) is 6.08 Å². The third-order valence-corrected chi connectivity index (χ3v) is 5.00. The number of esters is 1. The van der Waals surface area contributed by atoms with E-state index in [-0.39, 0.29) is 0 Å². The zero-order valence-corrected chi connectivity index (χ0v) is 16.1. The first kappa shape index (κ1) is 22.3. The van der Waals surface area contributed by atoms with Gasteiger partial charge in [-0.1, -0.05) is 31.5 Å². The number of anilines is 1. The second-order valence-corrected chi connectivity index (χ2v) is 7.58. The standard InChI is InChI=1S/C17H17ClF6N2O2/c1-16(2)8(5-9(18)17(22,23)24)10(16)15(27)28-6-7-11(19)13(21)25-14(12(7)20)26(3)4/h5,8,10H,6H2,1-4H3/t8-,10-/m1/s1. The van der Waals surface area contributed by atoms with Gasteiger partial charge >= 0.3 is 12.1 Å². The van der Waals surface area contributed by atoms with Crippen LogP contribution in [0.1, 0.15) is 19.4 Å². The van der Waals surface area contributed by atoms with Crippen LogP contribution in [0.15, 0.2) is 11.1 Å². The maximum atomic E-state index is 14.3. The zero-order chi connectivity index (χ0) is 21.6. The molecule has 0 N–H and O–H groups in total. The average molecular weight is 431 g/mol. The lowest BCUT2D eigenvalue weighted by atomic mass is 10.1. The highest BCUT2D eigenvalue weighted by molar-refractivity contribution is 6.30. The van der Waals surface area contributed by atoms with Crippen LogP contribution in [0.5, 0.6) is 0 Å². The Balaban J connectivity index is 2.18. The van der Waals surface area contributed by atoms with Crippen molar-refractivity contribution in [3.63, 3.8) is 0 Å². The smallest absolute Gasteiger partial charge is 0.426 e. The van der Waals surface area contributed by atoms with E-state index in [2.05, 4.69) is 4.98 Å². The number of rotatable bonds is 5. The maximum absolute atomic E-state index is 14.3. The molecule has 1 aromatic heterocycles. The summed E-state index contributed by atoms with van der Waals surface area (Å²) in [7, 11) is 2.71. The molecule has 28 heavy (non-hydrogen) atoms. The second-order valence-electron chi connectivity index (χ2n) is 7.17. The normalized spacial score (nSPS) is 21.5. The fourth-order valence-corrected chi connectivity index (χ4v) is 3.03. The highest BCUT2D eigenvalue weighted by Gasteiger charge is 2.62. The molecular weight excluding hydrogens is 414 g/mol. The minimum Gasteiger partial charge on any atom is -0.460 e. The number of halogens is 7. The van der Waals surface area contributed by atoms with Crippen LogP contribution in [-0.4, -0.2) is 31.2 Å². The summed E-state index contributed by atoms with van der Waals surface area (Å²) in [4.78, 5) is 16.5. The minimum atomic E-state index is -4.75. The molecule has 4 nitrogen and oxygen atoms in total. The molecule has 1 aliphatic rings. The average Bonchev–Trinajstić information content (AvgIpc) is 3.09. The molecule has 0 radical (unpaired) electrons. The number of allylic oxidation sites excluding steroid dienone is 2. The summed E-state index contributed by atoms with van der Waals surface area (Å²) in [5.41, 5.74) is -1.74. The molecule has 2 atom stereocenters. The van der Waals surface area contributed by atoms with E-state index in [1.807, 2.05) is 0 Å². The molecular formula is C17H17ClF6N2O2. The summed E-state index contributed by atoms with van der Waals surface area (Å²) in [6, 6.07) is 0. The predicted molar refractivity (Wildman–Crippen MR) is 89.0 cm³/mol. The SMILES string of the molecule is CN(C)c1nc(F)c(F)c(COC(=O)[C@H]2[C@@H](C=C(Cl)C(F)(F)F)C2(C)C)c1F. The molecule has 0 saturated heterocycles. The van der Waals surface area contributed by atoms with Crippen molar-refractivity contribution in [1.82, 2.24) is 4.98 Å². The number of ether oxygens (including phenoxy) is 1. The number of nitrogens with zero attached hydrogens (tertiary/aromatic N) is 2. The molecule has 0 amide bonds. The van der Waals surface area contributed by atoms with Gasteiger partial charge in [0.15, 0.2) is 17.5 Å². The van der Waals surface area contributed by atoms with Crippen molar-refractivity contribution in [3.8, 4) is 0 Å². The third kappa shape index (κ3) is 4.21. The largest absolute Gasteiger partial charge is 0.460 e. The van der Waals surface area contributed by atoms with Crippen molar-refractivity contribution >= 4 is 23.4 Å². The molecule has 1 saturated carbocycles. The van der Waals surface area contributed by atoms with E-state index in [1.54, 1.807) is 0 Å². The molecule has 0 unspecified atom stereocenters. The van der Waals surface area contributed by atoms with Crippen LogP contribution >= 0.6 is 11.6 Å². The Morgan fingerprint density at radius 2 is 1.82 bits per heavy atom. The summed E-state index contributed by atoms with van der Waals surface area (Å²) in [6.07, 6.45) is -4.04. The third-order valence-electron chi connectivity index (χ3n) is 4.66.